The Morgan fingerprint density at radius 3 is 2.92 bits per heavy atom. The van der Waals surface area contributed by atoms with Gasteiger partial charge in [0.25, 0.3) is 0 Å². The number of aryl methyl sites for hydroxylation is 1. The quantitative estimate of drug-likeness (QED) is 0.861. The molecular formula is C18H21N3O2S. The van der Waals surface area contributed by atoms with Crippen LogP contribution < -0.4 is 5.32 Å². The van der Waals surface area contributed by atoms with Crippen molar-refractivity contribution in [1.29, 1.82) is 0 Å². The molecule has 0 aliphatic carbocycles. The van der Waals surface area contributed by atoms with Gasteiger partial charge in [-0.1, -0.05) is 6.07 Å². The Morgan fingerprint density at radius 1 is 1.33 bits per heavy atom. The van der Waals surface area contributed by atoms with Crippen LogP contribution in [0.15, 0.2) is 40.9 Å². The third-order valence-electron chi connectivity index (χ3n) is 4.67. The Morgan fingerprint density at radius 2 is 2.25 bits per heavy atom. The van der Waals surface area contributed by atoms with E-state index in [-0.39, 0.29) is 18.2 Å². The summed E-state index contributed by atoms with van der Waals surface area (Å²) in [5.74, 6) is 1.81. The zero-order valence-electron chi connectivity index (χ0n) is 13.6. The molecule has 2 aromatic heterocycles. The minimum atomic E-state index is -0.0225. The van der Waals surface area contributed by atoms with Crippen LogP contribution in [-0.4, -0.2) is 34.3 Å². The summed E-state index contributed by atoms with van der Waals surface area (Å²) in [4.78, 5) is 6.72. The van der Waals surface area contributed by atoms with E-state index in [4.69, 9.17) is 21.4 Å². The molecule has 126 valence electrons. The Kier molecular flexibility index (Phi) is 4.24. The van der Waals surface area contributed by atoms with Crippen molar-refractivity contribution in [2.45, 2.75) is 38.0 Å². The SMILES string of the molecule is Cc1ccc([C@@H]2[C@H](c3ccccn3)NC(=S)N2C[C@H]2CCCO2)o1. The van der Waals surface area contributed by atoms with E-state index in [9.17, 15) is 0 Å². The molecule has 0 spiro atoms. The summed E-state index contributed by atoms with van der Waals surface area (Å²) in [7, 11) is 0. The second-order valence-corrected chi connectivity index (χ2v) is 6.75. The van der Waals surface area contributed by atoms with Gasteiger partial charge in [-0.15, -0.1) is 0 Å². The van der Waals surface area contributed by atoms with Gasteiger partial charge in [0.2, 0.25) is 0 Å². The number of pyridine rings is 1. The van der Waals surface area contributed by atoms with Crippen molar-refractivity contribution in [2.24, 2.45) is 0 Å². The number of aromatic nitrogens is 1. The predicted molar refractivity (Wildman–Crippen MR) is 94.6 cm³/mol. The molecule has 0 saturated carbocycles. The Hall–Kier alpha value is -1.92. The molecule has 2 aliphatic rings. The van der Waals surface area contributed by atoms with Crippen LogP contribution in [0.1, 0.15) is 42.1 Å². The second kappa shape index (κ2) is 6.53. The zero-order chi connectivity index (χ0) is 16.5. The summed E-state index contributed by atoms with van der Waals surface area (Å²) >= 11 is 5.63. The van der Waals surface area contributed by atoms with Crippen molar-refractivity contribution in [3.05, 3.63) is 53.7 Å². The molecule has 2 aromatic rings. The summed E-state index contributed by atoms with van der Waals surface area (Å²) in [6.07, 6.45) is 4.24. The third-order valence-corrected chi connectivity index (χ3v) is 5.03. The molecule has 2 saturated heterocycles. The van der Waals surface area contributed by atoms with Crippen LogP contribution in [-0.2, 0) is 4.74 Å². The first-order valence-electron chi connectivity index (χ1n) is 8.38. The topological polar surface area (TPSA) is 50.5 Å². The molecule has 6 heteroatoms. The van der Waals surface area contributed by atoms with Crippen LogP contribution in [0.2, 0.25) is 0 Å². The lowest BCUT2D eigenvalue weighted by Gasteiger charge is -2.28. The lowest BCUT2D eigenvalue weighted by atomic mass is 10.0. The van der Waals surface area contributed by atoms with Gasteiger partial charge in [-0.25, -0.2) is 0 Å². The van der Waals surface area contributed by atoms with Gasteiger partial charge < -0.3 is 19.4 Å². The average Bonchev–Trinajstić information content (AvgIpc) is 3.31. The van der Waals surface area contributed by atoms with Gasteiger partial charge in [-0.05, 0) is 56.2 Å². The summed E-state index contributed by atoms with van der Waals surface area (Å²) in [6, 6.07) is 9.95. The molecule has 3 atom stereocenters. The molecule has 5 nitrogen and oxygen atoms in total. The molecule has 0 bridgehead atoms. The van der Waals surface area contributed by atoms with Crippen LogP contribution in [0, 0.1) is 6.92 Å². The smallest absolute Gasteiger partial charge is 0.170 e. The number of nitrogens with one attached hydrogen (secondary N) is 1. The van der Waals surface area contributed by atoms with Gasteiger partial charge in [-0.3, -0.25) is 4.98 Å². The van der Waals surface area contributed by atoms with Crippen molar-refractivity contribution in [1.82, 2.24) is 15.2 Å². The molecule has 1 N–H and O–H groups in total. The highest BCUT2D eigenvalue weighted by Crippen LogP contribution is 2.39. The second-order valence-electron chi connectivity index (χ2n) is 6.36. The molecule has 4 heterocycles. The summed E-state index contributed by atoms with van der Waals surface area (Å²) in [5.41, 5.74) is 0.966. The molecule has 0 aromatic carbocycles. The maximum atomic E-state index is 5.95. The Balaban J connectivity index is 1.67. The Labute approximate surface area is 147 Å². The van der Waals surface area contributed by atoms with Gasteiger partial charge in [0.05, 0.1) is 17.8 Å². The number of thiocarbonyl (C=S) groups is 1. The van der Waals surface area contributed by atoms with Crippen molar-refractivity contribution in [3.63, 3.8) is 0 Å². The van der Waals surface area contributed by atoms with E-state index in [1.807, 2.05) is 43.5 Å². The van der Waals surface area contributed by atoms with Gasteiger partial charge >= 0.3 is 0 Å². The van der Waals surface area contributed by atoms with Crippen LogP contribution in [0.25, 0.3) is 0 Å². The summed E-state index contributed by atoms with van der Waals surface area (Å²) in [6.45, 7) is 3.58. The molecule has 4 rings (SSSR count). The fourth-order valence-electron chi connectivity index (χ4n) is 3.53. The number of rotatable bonds is 4. The predicted octanol–water partition coefficient (Wildman–Crippen LogP) is 3.13. The number of furan rings is 1. The highest BCUT2D eigenvalue weighted by Gasteiger charge is 2.42. The lowest BCUT2D eigenvalue weighted by Crippen LogP contribution is -2.36. The highest BCUT2D eigenvalue weighted by molar-refractivity contribution is 7.80. The van der Waals surface area contributed by atoms with Crippen LogP contribution in [0.3, 0.4) is 0 Å². The van der Waals surface area contributed by atoms with Gasteiger partial charge in [0.1, 0.15) is 17.6 Å². The van der Waals surface area contributed by atoms with Gasteiger partial charge in [-0.2, -0.15) is 0 Å². The van der Waals surface area contributed by atoms with Gasteiger partial charge in [0, 0.05) is 19.3 Å². The van der Waals surface area contributed by atoms with E-state index in [0.717, 1.165) is 48.3 Å². The standard InChI is InChI=1S/C18H21N3O2S/c1-12-7-8-15(23-12)17-16(14-6-2-3-9-19-14)20-18(24)21(17)11-13-5-4-10-22-13/h2-3,6-9,13,16-17H,4-5,10-11H2,1H3,(H,20,24)/t13-,16+,17-/m1/s1. The lowest BCUT2D eigenvalue weighted by molar-refractivity contribution is 0.0816. The number of hydrogen-bond donors (Lipinski definition) is 1. The Bertz CT molecular complexity index is 712. The van der Waals surface area contributed by atoms with Crippen molar-refractivity contribution in [3.8, 4) is 0 Å². The first kappa shape index (κ1) is 15.6. The van der Waals surface area contributed by atoms with E-state index < -0.39 is 0 Å². The fraction of sp³-hybridized carbons (Fsp3) is 0.444. The average molecular weight is 343 g/mol. The fourth-order valence-corrected chi connectivity index (χ4v) is 3.85. The molecule has 0 amide bonds. The van der Waals surface area contributed by atoms with E-state index in [0.29, 0.717) is 0 Å². The van der Waals surface area contributed by atoms with Crippen LogP contribution >= 0.6 is 12.2 Å². The maximum absolute atomic E-state index is 5.95. The number of nitrogens with zero attached hydrogens (tertiary/aromatic N) is 2. The van der Waals surface area contributed by atoms with Crippen LogP contribution in [0.4, 0.5) is 0 Å². The minimum Gasteiger partial charge on any atom is -0.464 e. The molecule has 2 fully saturated rings. The molecule has 2 aliphatic heterocycles. The van der Waals surface area contributed by atoms with E-state index in [1.165, 1.54) is 0 Å². The zero-order valence-corrected chi connectivity index (χ0v) is 14.5. The molecule has 0 unspecified atom stereocenters. The largest absolute Gasteiger partial charge is 0.464 e. The highest BCUT2D eigenvalue weighted by atomic mass is 32.1. The summed E-state index contributed by atoms with van der Waals surface area (Å²) in [5, 5.41) is 4.17. The number of hydrogen-bond acceptors (Lipinski definition) is 4. The first-order chi connectivity index (χ1) is 11.7. The minimum absolute atomic E-state index is 0.00898. The van der Waals surface area contributed by atoms with Crippen LogP contribution in [0.5, 0.6) is 0 Å². The van der Waals surface area contributed by atoms with Crippen molar-refractivity contribution >= 4 is 17.3 Å². The van der Waals surface area contributed by atoms with Gasteiger partial charge in [0.15, 0.2) is 5.11 Å². The third kappa shape index (κ3) is 2.91. The van der Waals surface area contributed by atoms with Crippen molar-refractivity contribution in [2.75, 3.05) is 13.2 Å². The van der Waals surface area contributed by atoms with E-state index in [1.54, 1.807) is 0 Å². The normalized spacial score (nSPS) is 26.8. The number of ether oxygens (including phenoxy) is 1. The first-order valence-corrected chi connectivity index (χ1v) is 8.79. The van der Waals surface area contributed by atoms with E-state index in [2.05, 4.69) is 15.2 Å². The molecule has 24 heavy (non-hydrogen) atoms. The maximum Gasteiger partial charge on any atom is 0.170 e. The molecular weight excluding hydrogens is 322 g/mol. The summed E-state index contributed by atoms with van der Waals surface area (Å²) < 4.78 is 11.8. The molecule has 0 radical (unpaired) electrons. The van der Waals surface area contributed by atoms with Crippen molar-refractivity contribution < 1.29 is 9.15 Å². The van der Waals surface area contributed by atoms with E-state index >= 15 is 0 Å². The monoisotopic (exact) mass is 343 g/mol.